The van der Waals surface area contributed by atoms with E-state index >= 15 is 0 Å². The molecule has 150 valence electrons. The Morgan fingerprint density at radius 3 is 0.920 bits per heavy atom. The Morgan fingerprint density at radius 1 is 0.520 bits per heavy atom. The molecule has 0 spiro atoms. The molecule has 0 saturated carbocycles. The molecule has 2 nitrogen and oxygen atoms in total. The van der Waals surface area contributed by atoms with Crippen LogP contribution in [0.1, 0.15) is 0 Å². The van der Waals surface area contributed by atoms with Crippen molar-refractivity contribution in [2.45, 2.75) is 41.7 Å². The lowest BCUT2D eigenvalue weighted by atomic mass is 9.78. The predicted molar refractivity (Wildman–Crippen MR) is 43.4 cm³/mol. The monoisotopic (exact) mass is 414 g/mol. The van der Waals surface area contributed by atoms with Gasteiger partial charge in [-0.25, -0.2) is 13.6 Å². The topological polar surface area (TPSA) is 37.3 Å². The Balaban J connectivity index is 7.22. The van der Waals surface area contributed by atoms with E-state index in [1.54, 1.807) is 0 Å². The summed E-state index contributed by atoms with van der Waals surface area (Å²) in [6.45, 7) is 0. The maximum absolute atomic E-state index is 13.4. The summed E-state index contributed by atoms with van der Waals surface area (Å²) in [5.41, 5.74) is -16.9. The average Bonchev–Trinajstić information content (AvgIpc) is 2.31. The second-order valence-corrected chi connectivity index (χ2v) is 4.26. The minimum Gasteiger partial charge on any atom is -0.477 e. The lowest BCUT2D eigenvalue weighted by molar-refractivity contribution is -0.453. The highest BCUT2D eigenvalue weighted by Crippen LogP contribution is 2.65. The molecule has 0 heterocycles. The van der Waals surface area contributed by atoms with Crippen LogP contribution in [-0.2, 0) is 4.79 Å². The highest BCUT2D eigenvalue weighted by Gasteiger charge is 2.98. The Morgan fingerprint density at radius 2 is 0.760 bits per heavy atom. The fraction of sp³-hybridized carbons (Fsp3) is 0.875. The number of alkyl halides is 15. The second-order valence-electron chi connectivity index (χ2n) is 4.26. The van der Waals surface area contributed by atoms with Gasteiger partial charge >= 0.3 is 47.7 Å². The van der Waals surface area contributed by atoms with Gasteiger partial charge in [-0.3, -0.25) is 0 Å². The summed E-state index contributed by atoms with van der Waals surface area (Å²) in [6.07, 6.45) is -24.3. The molecule has 0 rings (SSSR count). The van der Waals surface area contributed by atoms with Gasteiger partial charge in [-0.15, -0.1) is 0 Å². The van der Waals surface area contributed by atoms with Gasteiger partial charge in [-0.05, 0) is 0 Å². The summed E-state index contributed by atoms with van der Waals surface area (Å²) in [5.74, 6) is -20.9. The van der Waals surface area contributed by atoms with Crippen LogP contribution in [0.3, 0.4) is 0 Å². The van der Waals surface area contributed by atoms with Crippen LogP contribution < -0.4 is 0 Å². The van der Waals surface area contributed by atoms with Crippen molar-refractivity contribution in [1.29, 1.82) is 0 Å². The zero-order chi connectivity index (χ0) is 21.1. The standard InChI is InChI=1S/C8HF15O2/c9-2(10,1(24)25)3(11,6(15,16)17)5(13,14)4(12,7(18,19)20)8(21,22)23/h(H,24,25). The minimum absolute atomic E-state index is 4.53. The van der Waals surface area contributed by atoms with Crippen LogP contribution in [0.2, 0.25) is 0 Å². The summed E-state index contributed by atoms with van der Waals surface area (Å²) in [4.78, 5) is 9.88. The minimum atomic E-state index is -8.71. The van der Waals surface area contributed by atoms with Gasteiger partial charge < -0.3 is 5.11 Å². The maximum Gasteiger partial charge on any atom is 0.437 e. The van der Waals surface area contributed by atoms with E-state index in [0.29, 0.717) is 0 Å². The molecule has 1 atom stereocenters. The van der Waals surface area contributed by atoms with E-state index in [-0.39, 0.29) is 0 Å². The van der Waals surface area contributed by atoms with Crippen LogP contribution >= 0.6 is 0 Å². The third-order valence-electron chi connectivity index (χ3n) is 2.74. The number of hydrogen-bond donors (Lipinski definition) is 1. The van der Waals surface area contributed by atoms with Gasteiger partial charge in [-0.2, -0.15) is 57.1 Å². The third-order valence-corrected chi connectivity index (χ3v) is 2.74. The lowest BCUT2D eigenvalue weighted by Crippen LogP contribution is -2.79. The molecule has 0 aromatic heterocycles. The van der Waals surface area contributed by atoms with Crippen molar-refractivity contribution in [1.82, 2.24) is 0 Å². The van der Waals surface area contributed by atoms with Crippen molar-refractivity contribution < 1.29 is 75.8 Å². The number of hydrogen-bond acceptors (Lipinski definition) is 1. The first kappa shape index (κ1) is 23.4. The number of halogens is 15. The molecule has 17 heteroatoms. The first-order chi connectivity index (χ1) is 10.4. The summed E-state index contributed by atoms with van der Waals surface area (Å²) in [7, 11) is 0. The highest BCUT2D eigenvalue weighted by atomic mass is 19.4. The highest BCUT2D eigenvalue weighted by molar-refractivity contribution is 5.78. The molecule has 0 radical (unpaired) electrons. The number of carboxylic acid groups (broad SMARTS) is 1. The molecular weight excluding hydrogens is 413 g/mol. The van der Waals surface area contributed by atoms with Gasteiger partial charge in [0.2, 0.25) is 0 Å². The first-order valence-corrected chi connectivity index (χ1v) is 5.01. The maximum atomic E-state index is 13.4. The van der Waals surface area contributed by atoms with Crippen LogP contribution in [0.15, 0.2) is 0 Å². The van der Waals surface area contributed by atoms with Crippen molar-refractivity contribution in [2.24, 2.45) is 0 Å². The molecule has 0 saturated heterocycles. The molecule has 0 amide bonds. The van der Waals surface area contributed by atoms with Gasteiger partial charge in [0.05, 0.1) is 0 Å². The molecule has 0 aliphatic carbocycles. The van der Waals surface area contributed by atoms with Gasteiger partial charge in [0.1, 0.15) is 0 Å². The van der Waals surface area contributed by atoms with E-state index < -0.39 is 47.7 Å². The molecule has 1 N–H and O–H groups in total. The predicted octanol–water partition coefficient (Wildman–Crippen LogP) is 4.45. The second kappa shape index (κ2) is 5.46. The SMILES string of the molecule is O=C(O)C(F)(F)C(F)(C(F)(F)F)C(F)(F)C(F)(C(F)(F)F)C(F)(F)F. The largest absolute Gasteiger partial charge is 0.477 e. The Hall–Kier alpha value is -1.58. The number of aliphatic carboxylic acids is 1. The van der Waals surface area contributed by atoms with E-state index in [4.69, 9.17) is 5.11 Å². The van der Waals surface area contributed by atoms with Crippen molar-refractivity contribution >= 4 is 5.97 Å². The quantitative estimate of drug-likeness (QED) is 0.691. The van der Waals surface area contributed by atoms with Crippen molar-refractivity contribution in [3.63, 3.8) is 0 Å². The van der Waals surface area contributed by atoms with Crippen molar-refractivity contribution in [3.8, 4) is 0 Å². The van der Waals surface area contributed by atoms with Crippen LogP contribution in [0.5, 0.6) is 0 Å². The van der Waals surface area contributed by atoms with Crippen molar-refractivity contribution in [2.75, 3.05) is 0 Å². The molecule has 0 aromatic rings. The van der Waals surface area contributed by atoms with E-state index in [1.165, 1.54) is 0 Å². The average molecular weight is 414 g/mol. The molecule has 0 aliphatic rings. The van der Waals surface area contributed by atoms with Gasteiger partial charge in [-0.1, -0.05) is 0 Å². The normalized spacial score (nSPS) is 18.0. The fourth-order valence-electron chi connectivity index (χ4n) is 1.45. The lowest BCUT2D eigenvalue weighted by Gasteiger charge is -2.44. The third kappa shape index (κ3) is 2.74. The Bertz CT molecular complexity index is 511. The van der Waals surface area contributed by atoms with Gasteiger partial charge in [0.25, 0.3) is 0 Å². The molecule has 0 fully saturated rings. The van der Waals surface area contributed by atoms with Crippen LogP contribution in [0.4, 0.5) is 65.9 Å². The van der Waals surface area contributed by atoms with E-state index in [2.05, 4.69) is 0 Å². The molecular formula is C8HF15O2. The Labute approximate surface area is 125 Å². The molecule has 0 aliphatic heterocycles. The summed E-state index contributed by atoms with van der Waals surface area (Å²) in [5, 5.41) is 7.67. The van der Waals surface area contributed by atoms with E-state index in [1.807, 2.05) is 0 Å². The van der Waals surface area contributed by atoms with Crippen LogP contribution in [0.25, 0.3) is 0 Å². The number of carbonyl (C=O) groups is 1. The molecule has 25 heavy (non-hydrogen) atoms. The summed E-state index contributed by atoms with van der Waals surface area (Å²) in [6, 6.07) is 0. The van der Waals surface area contributed by atoms with Crippen molar-refractivity contribution in [3.05, 3.63) is 0 Å². The zero-order valence-corrected chi connectivity index (χ0v) is 10.5. The van der Waals surface area contributed by atoms with Gasteiger partial charge in [0.15, 0.2) is 0 Å². The van der Waals surface area contributed by atoms with Crippen LogP contribution in [0, 0.1) is 0 Å². The smallest absolute Gasteiger partial charge is 0.437 e. The first-order valence-electron chi connectivity index (χ1n) is 5.01. The zero-order valence-electron chi connectivity index (χ0n) is 10.5. The number of carboxylic acids is 1. The summed E-state index contributed by atoms with van der Waals surface area (Å²) >= 11 is 0. The van der Waals surface area contributed by atoms with E-state index in [0.717, 1.165) is 0 Å². The van der Waals surface area contributed by atoms with Gasteiger partial charge in [0, 0.05) is 0 Å². The summed E-state index contributed by atoms with van der Waals surface area (Å²) < 4.78 is 188. The fourth-order valence-corrected chi connectivity index (χ4v) is 1.45. The van der Waals surface area contributed by atoms with Crippen LogP contribution in [-0.4, -0.2) is 52.8 Å². The Kier molecular flexibility index (Phi) is 5.11. The molecule has 0 bridgehead atoms. The van der Waals surface area contributed by atoms with E-state index in [9.17, 15) is 70.7 Å². The molecule has 0 aromatic carbocycles. The molecule has 1 unspecified atom stereocenters. The number of rotatable bonds is 4.